The van der Waals surface area contributed by atoms with Crippen LogP contribution in [-0.2, 0) is 0 Å². The number of fused-ring (bicyclic) bond motifs is 7. The molecule has 176 valence electrons. The van der Waals surface area contributed by atoms with Gasteiger partial charge in [-0.05, 0) is 114 Å². The Morgan fingerprint density at radius 2 is 1.45 bits per heavy atom. The Morgan fingerprint density at radius 3 is 2.16 bits per heavy atom. The Bertz CT molecular complexity index is 790. The molecule has 0 heterocycles. The maximum atomic E-state index is 10.8. The molecule has 1 nitrogen and oxygen atoms in total. The third-order valence-corrected chi connectivity index (χ3v) is 13.0. The van der Waals surface area contributed by atoms with Crippen molar-refractivity contribution in [1.82, 2.24) is 0 Å². The van der Waals surface area contributed by atoms with Crippen LogP contribution in [-0.4, -0.2) is 11.2 Å². The van der Waals surface area contributed by atoms with Crippen molar-refractivity contribution in [3.05, 3.63) is 11.6 Å². The van der Waals surface area contributed by atoms with Gasteiger partial charge in [-0.15, -0.1) is 0 Å². The van der Waals surface area contributed by atoms with Crippen LogP contribution in [0.25, 0.3) is 0 Å². The summed E-state index contributed by atoms with van der Waals surface area (Å²) in [6.07, 6.45) is 15.9. The summed E-state index contributed by atoms with van der Waals surface area (Å²) in [4.78, 5) is 0. The Kier molecular flexibility index (Phi) is 4.66. The van der Waals surface area contributed by atoms with Gasteiger partial charge in [-0.25, -0.2) is 0 Å². The third kappa shape index (κ3) is 2.77. The van der Waals surface area contributed by atoms with E-state index in [9.17, 15) is 5.11 Å². The van der Waals surface area contributed by atoms with Crippen LogP contribution in [0.5, 0.6) is 0 Å². The highest BCUT2D eigenvalue weighted by atomic mass is 16.3. The molecule has 31 heavy (non-hydrogen) atoms. The average Bonchev–Trinajstić information content (AvgIpc) is 2.67. The Morgan fingerprint density at radius 1 is 0.774 bits per heavy atom. The molecule has 4 saturated carbocycles. The lowest BCUT2D eigenvalue weighted by Gasteiger charge is -2.70. The predicted octanol–water partition coefficient (Wildman–Crippen LogP) is 8.17. The molecule has 0 aromatic carbocycles. The van der Waals surface area contributed by atoms with Crippen molar-refractivity contribution in [3.8, 4) is 0 Å². The lowest BCUT2D eigenvalue weighted by atomic mass is 9.34. The fraction of sp³-hybridized carbons (Fsp3) is 0.933. The van der Waals surface area contributed by atoms with E-state index in [1.807, 2.05) is 5.57 Å². The normalized spacial score (nSPS) is 55.2. The Balaban J connectivity index is 1.56. The van der Waals surface area contributed by atoms with Crippen LogP contribution in [0.2, 0.25) is 0 Å². The molecule has 0 spiro atoms. The lowest BCUT2D eigenvalue weighted by Crippen LogP contribution is -2.62. The highest BCUT2D eigenvalue weighted by Gasteiger charge is 2.66. The molecular formula is C30H50O. The van der Waals surface area contributed by atoms with Crippen LogP contribution in [0, 0.1) is 50.2 Å². The summed E-state index contributed by atoms with van der Waals surface area (Å²) in [5.74, 6) is 2.20. The van der Waals surface area contributed by atoms with Gasteiger partial charge in [0, 0.05) is 0 Å². The smallest absolute Gasteiger partial charge is 0.0594 e. The van der Waals surface area contributed by atoms with Crippen molar-refractivity contribution in [1.29, 1.82) is 0 Å². The molecule has 0 aromatic rings. The maximum Gasteiger partial charge on any atom is 0.0594 e. The Labute approximate surface area is 192 Å². The summed E-state index contributed by atoms with van der Waals surface area (Å²) in [7, 11) is 0. The molecule has 4 fully saturated rings. The van der Waals surface area contributed by atoms with Gasteiger partial charge < -0.3 is 5.11 Å². The first-order valence-corrected chi connectivity index (χ1v) is 13.6. The van der Waals surface area contributed by atoms with Crippen LogP contribution < -0.4 is 0 Å². The molecule has 1 heteroatoms. The van der Waals surface area contributed by atoms with E-state index in [0.29, 0.717) is 33.0 Å². The molecule has 5 rings (SSSR count). The number of aliphatic hydroxyl groups excluding tert-OH is 1. The number of aliphatic hydroxyl groups is 1. The van der Waals surface area contributed by atoms with Crippen molar-refractivity contribution in [2.24, 2.45) is 50.2 Å². The van der Waals surface area contributed by atoms with Crippen molar-refractivity contribution in [3.63, 3.8) is 0 Å². The number of allylic oxidation sites excluding steroid dienone is 2. The molecule has 0 bridgehead atoms. The summed E-state index contributed by atoms with van der Waals surface area (Å²) < 4.78 is 0. The first-order valence-electron chi connectivity index (χ1n) is 13.6. The highest BCUT2D eigenvalue weighted by Crippen LogP contribution is 2.75. The molecule has 1 N–H and O–H groups in total. The van der Waals surface area contributed by atoms with Crippen molar-refractivity contribution in [2.75, 3.05) is 0 Å². The van der Waals surface area contributed by atoms with E-state index in [4.69, 9.17) is 0 Å². The molecule has 0 unspecified atom stereocenters. The summed E-state index contributed by atoms with van der Waals surface area (Å²) >= 11 is 0. The highest BCUT2D eigenvalue weighted by molar-refractivity contribution is 5.32. The molecule has 0 aliphatic heterocycles. The predicted molar refractivity (Wildman–Crippen MR) is 131 cm³/mol. The first kappa shape index (κ1) is 22.5. The SMILES string of the molecule is CC1(C)CC[C@]2(C)CC[C@]3(C)C4=CC[C@H]5C(C)(C)[C@@H](O)CC[C@@]5(C)[C@H]4CC[C@H]3[C@]2(C)C1. The molecule has 0 aromatic heterocycles. The van der Waals surface area contributed by atoms with Gasteiger partial charge in [-0.1, -0.05) is 67.0 Å². The summed E-state index contributed by atoms with van der Waals surface area (Å²) in [5.41, 5.74) is 4.14. The lowest BCUT2D eigenvalue weighted by molar-refractivity contribution is -0.180. The fourth-order valence-corrected chi connectivity index (χ4v) is 10.8. The summed E-state index contributed by atoms with van der Waals surface area (Å²) in [5, 5.41) is 10.8. The van der Waals surface area contributed by atoms with E-state index < -0.39 is 0 Å². The monoisotopic (exact) mass is 426 g/mol. The van der Waals surface area contributed by atoms with Gasteiger partial charge >= 0.3 is 0 Å². The standard InChI is InChI=1S/C30H50O/c1-25(2)15-16-27(5)17-18-29(7)21-9-11-22-26(3,4)24(31)13-14-28(22,6)20(21)10-12-23(29)30(27,8)19-25/h9,20,22-24,31H,10-19H2,1-8H3/t20-,22-,23+,24-,27+,28-,29+,30-/m0/s1. The molecule has 5 aliphatic carbocycles. The molecule has 0 amide bonds. The van der Waals surface area contributed by atoms with Gasteiger partial charge in [0.2, 0.25) is 0 Å². The van der Waals surface area contributed by atoms with Gasteiger partial charge in [0.25, 0.3) is 0 Å². The van der Waals surface area contributed by atoms with Gasteiger partial charge in [0.05, 0.1) is 6.10 Å². The quantitative estimate of drug-likeness (QED) is 0.387. The first-order chi connectivity index (χ1) is 14.2. The minimum atomic E-state index is -0.133. The van der Waals surface area contributed by atoms with Gasteiger partial charge in [0.1, 0.15) is 0 Å². The Hall–Kier alpha value is -0.300. The van der Waals surface area contributed by atoms with Crippen LogP contribution in [0.1, 0.15) is 120 Å². The molecule has 8 atom stereocenters. The summed E-state index contributed by atoms with van der Waals surface area (Å²) in [6.45, 7) is 20.5. The van der Waals surface area contributed by atoms with Crippen LogP contribution in [0.15, 0.2) is 11.6 Å². The van der Waals surface area contributed by atoms with E-state index >= 15 is 0 Å². The maximum absolute atomic E-state index is 10.8. The van der Waals surface area contributed by atoms with Gasteiger partial charge in [-0.3, -0.25) is 0 Å². The molecule has 5 aliphatic rings. The largest absolute Gasteiger partial charge is 0.393 e. The van der Waals surface area contributed by atoms with Gasteiger partial charge in [-0.2, -0.15) is 0 Å². The number of hydrogen-bond donors (Lipinski definition) is 1. The topological polar surface area (TPSA) is 20.2 Å². The van der Waals surface area contributed by atoms with Crippen molar-refractivity contribution >= 4 is 0 Å². The zero-order chi connectivity index (χ0) is 22.7. The second-order valence-corrected chi connectivity index (χ2v) is 15.2. The number of hydrogen-bond acceptors (Lipinski definition) is 1. The third-order valence-electron chi connectivity index (χ3n) is 13.0. The zero-order valence-electron chi connectivity index (χ0n) is 21.9. The van der Waals surface area contributed by atoms with E-state index in [1.54, 1.807) is 0 Å². The second kappa shape index (κ2) is 6.43. The van der Waals surface area contributed by atoms with E-state index in [1.165, 1.54) is 57.8 Å². The van der Waals surface area contributed by atoms with Crippen molar-refractivity contribution < 1.29 is 5.11 Å². The van der Waals surface area contributed by atoms with Crippen LogP contribution in [0.3, 0.4) is 0 Å². The van der Waals surface area contributed by atoms with Crippen molar-refractivity contribution in [2.45, 2.75) is 126 Å². The van der Waals surface area contributed by atoms with E-state index in [0.717, 1.165) is 18.3 Å². The molecular weight excluding hydrogens is 376 g/mol. The molecule has 0 saturated heterocycles. The number of rotatable bonds is 0. The zero-order valence-corrected chi connectivity index (χ0v) is 21.9. The average molecular weight is 427 g/mol. The van der Waals surface area contributed by atoms with E-state index in [-0.39, 0.29) is 11.5 Å². The molecule has 0 radical (unpaired) electrons. The second-order valence-electron chi connectivity index (χ2n) is 15.2. The van der Waals surface area contributed by atoms with Gasteiger partial charge in [0.15, 0.2) is 0 Å². The summed E-state index contributed by atoms with van der Waals surface area (Å²) in [6, 6.07) is 0. The minimum Gasteiger partial charge on any atom is -0.393 e. The van der Waals surface area contributed by atoms with E-state index in [2.05, 4.69) is 61.5 Å². The van der Waals surface area contributed by atoms with Crippen LogP contribution >= 0.6 is 0 Å². The fourth-order valence-electron chi connectivity index (χ4n) is 10.8. The van der Waals surface area contributed by atoms with Crippen LogP contribution in [0.4, 0.5) is 0 Å². The minimum absolute atomic E-state index is 0.0390.